The van der Waals surface area contributed by atoms with Crippen LogP contribution >= 0.6 is 12.2 Å². The first-order valence-electron chi connectivity index (χ1n) is 11.3. The van der Waals surface area contributed by atoms with Gasteiger partial charge in [0, 0.05) is 36.5 Å². The number of aliphatic hydroxyl groups excluding tert-OH is 1. The van der Waals surface area contributed by atoms with Gasteiger partial charge >= 0.3 is 0 Å². The summed E-state index contributed by atoms with van der Waals surface area (Å²) in [5, 5.41) is 26.2. The van der Waals surface area contributed by atoms with Crippen LogP contribution < -0.4 is 15.5 Å². The average molecular weight is 495 g/mol. The molecule has 0 bridgehead atoms. The first kappa shape index (κ1) is 24.4. The quantitative estimate of drug-likeness (QED) is 0.256. The minimum Gasteiger partial charge on any atom is -0.459 e. The van der Waals surface area contributed by atoms with Crippen LogP contribution in [0, 0.1) is 16.0 Å². The predicted octanol–water partition coefficient (Wildman–Crippen LogP) is 4.71. The van der Waals surface area contributed by atoms with Crippen molar-refractivity contribution in [3.8, 4) is 11.3 Å². The number of nitrogens with one attached hydrogen (secondary N) is 2. The molecular formula is C25H26N4O5S. The smallest absolute Gasteiger partial charge is 0.270 e. The summed E-state index contributed by atoms with van der Waals surface area (Å²) in [7, 11) is 0. The number of piperidine rings is 1. The summed E-state index contributed by atoms with van der Waals surface area (Å²) >= 11 is 5.32. The number of hydrogen-bond donors (Lipinski definition) is 3. The van der Waals surface area contributed by atoms with Crippen molar-refractivity contribution in [1.29, 1.82) is 0 Å². The lowest BCUT2D eigenvalue weighted by Gasteiger charge is -2.33. The standard InChI is InChI=1S/C25H26N4O5S/c1-16-10-12-28(13-11-16)22-8-6-19(29(32)33)14-21(22)24(31)27-25(35)26-18-4-2-17(3-5-18)23-9-7-20(15-30)34-23/h2-9,14,16,30H,10-13,15H2,1H3,(H2,26,27,31,35). The van der Waals surface area contributed by atoms with Crippen LogP contribution in [0.15, 0.2) is 59.0 Å². The highest BCUT2D eigenvalue weighted by molar-refractivity contribution is 7.80. The van der Waals surface area contributed by atoms with Gasteiger partial charge in [-0.2, -0.15) is 0 Å². The first-order valence-corrected chi connectivity index (χ1v) is 11.7. The van der Waals surface area contributed by atoms with E-state index in [-0.39, 0.29) is 23.0 Å². The molecule has 1 aliphatic rings. The molecule has 2 aromatic carbocycles. The summed E-state index contributed by atoms with van der Waals surface area (Å²) in [4.78, 5) is 26.0. The SMILES string of the molecule is CC1CCN(c2ccc([N+](=O)[O-])cc2C(=O)NC(=S)Nc2ccc(-c3ccc(CO)o3)cc2)CC1. The third kappa shape index (κ3) is 5.84. The van der Waals surface area contributed by atoms with E-state index >= 15 is 0 Å². The Hall–Kier alpha value is -3.76. The summed E-state index contributed by atoms with van der Waals surface area (Å²) < 4.78 is 5.53. The van der Waals surface area contributed by atoms with Gasteiger partial charge in [0.25, 0.3) is 11.6 Å². The second-order valence-corrected chi connectivity index (χ2v) is 8.95. The second kappa shape index (κ2) is 10.7. The van der Waals surface area contributed by atoms with Crippen molar-refractivity contribution in [1.82, 2.24) is 5.32 Å². The van der Waals surface area contributed by atoms with Crippen LogP contribution in [-0.4, -0.2) is 34.1 Å². The molecule has 0 atom stereocenters. The maximum atomic E-state index is 13.1. The first-order chi connectivity index (χ1) is 16.8. The Kier molecular flexibility index (Phi) is 7.42. The number of nitro benzene ring substituents is 1. The van der Waals surface area contributed by atoms with Crippen LogP contribution in [0.5, 0.6) is 0 Å². The molecule has 0 spiro atoms. The number of carbonyl (C=O) groups is 1. The van der Waals surface area contributed by atoms with Gasteiger partial charge in [-0.3, -0.25) is 20.2 Å². The van der Waals surface area contributed by atoms with Gasteiger partial charge in [0.05, 0.1) is 16.2 Å². The number of aliphatic hydroxyl groups is 1. The number of amides is 1. The zero-order valence-corrected chi connectivity index (χ0v) is 20.0. The zero-order valence-electron chi connectivity index (χ0n) is 19.2. The van der Waals surface area contributed by atoms with Crippen molar-refractivity contribution in [2.75, 3.05) is 23.3 Å². The molecule has 2 heterocycles. The summed E-state index contributed by atoms with van der Waals surface area (Å²) in [6, 6.07) is 15.0. The van der Waals surface area contributed by atoms with E-state index < -0.39 is 10.8 Å². The zero-order chi connectivity index (χ0) is 24.9. The number of furan rings is 1. The third-order valence-electron chi connectivity index (χ3n) is 6.03. The topological polar surface area (TPSA) is 121 Å². The van der Waals surface area contributed by atoms with Crippen molar-refractivity contribution >= 4 is 40.3 Å². The summed E-state index contributed by atoms with van der Waals surface area (Å²) in [5.74, 6) is 1.20. The summed E-state index contributed by atoms with van der Waals surface area (Å²) in [6.07, 6.45) is 1.99. The van der Waals surface area contributed by atoms with E-state index in [4.69, 9.17) is 21.7 Å². The number of thiocarbonyl (C=S) groups is 1. The molecule has 4 rings (SSSR count). The van der Waals surface area contributed by atoms with Crippen LogP contribution in [-0.2, 0) is 6.61 Å². The van der Waals surface area contributed by atoms with Gasteiger partial charge in [-0.15, -0.1) is 0 Å². The van der Waals surface area contributed by atoms with Crippen molar-refractivity contribution in [3.63, 3.8) is 0 Å². The fourth-order valence-corrected chi connectivity index (χ4v) is 4.22. The number of hydrogen-bond acceptors (Lipinski definition) is 7. The molecule has 0 aliphatic carbocycles. The number of nitro groups is 1. The largest absolute Gasteiger partial charge is 0.459 e. The summed E-state index contributed by atoms with van der Waals surface area (Å²) in [6.45, 7) is 3.59. The van der Waals surface area contributed by atoms with Gasteiger partial charge in [-0.05, 0) is 73.4 Å². The monoisotopic (exact) mass is 494 g/mol. The van der Waals surface area contributed by atoms with E-state index in [1.54, 1.807) is 30.3 Å². The molecule has 1 aromatic heterocycles. The van der Waals surface area contributed by atoms with Gasteiger partial charge in [0.2, 0.25) is 0 Å². The lowest BCUT2D eigenvalue weighted by atomic mass is 9.98. The van der Waals surface area contributed by atoms with E-state index in [1.807, 2.05) is 12.1 Å². The molecular weight excluding hydrogens is 468 g/mol. The Balaban J connectivity index is 1.46. The second-order valence-electron chi connectivity index (χ2n) is 8.54. The van der Waals surface area contributed by atoms with E-state index in [0.717, 1.165) is 31.5 Å². The fraction of sp³-hybridized carbons (Fsp3) is 0.280. The lowest BCUT2D eigenvalue weighted by molar-refractivity contribution is -0.384. The van der Waals surface area contributed by atoms with Crippen molar-refractivity contribution in [3.05, 3.63) is 76.0 Å². The molecule has 1 aliphatic heterocycles. The Morgan fingerprint density at radius 3 is 2.51 bits per heavy atom. The molecule has 1 amide bonds. The average Bonchev–Trinajstić information content (AvgIpc) is 3.34. The Morgan fingerprint density at radius 2 is 1.89 bits per heavy atom. The Labute approximate surface area is 207 Å². The normalized spacial score (nSPS) is 13.9. The number of carbonyl (C=O) groups excluding carboxylic acids is 1. The van der Waals surface area contributed by atoms with E-state index in [1.165, 1.54) is 12.1 Å². The molecule has 1 fully saturated rings. The van der Waals surface area contributed by atoms with Gasteiger partial charge in [-0.1, -0.05) is 6.92 Å². The number of non-ortho nitro benzene ring substituents is 1. The Bertz CT molecular complexity index is 1230. The lowest BCUT2D eigenvalue weighted by Crippen LogP contribution is -2.37. The van der Waals surface area contributed by atoms with Crippen molar-refractivity contribution in [2.24, 2.45) is 5.92 Å². The molecule has 3 N–H and O–H groups in total. The van der Waals surface area contributed by atoms with Crippen molar-refractivity contribution in [2.45, 2.75) is 26.4 Å². The van der Waals surface area contributed by atoms with Gasteiger partial charge < -0.3 is 19.7 Å². The van der Waals surface area contributed by atoms with Gasteiger partial charge in [0.15, 0.2) is 5.11 Å². The molecule has 35 heavy (non-hydrogen) atoms. The van der Waals surface area contributed by atoms with Crippen LogP contribution in [0.25, 0.3) is 11.3 Å². The highest BCUT2D eigenvalue weighted by Crippen LogP contribution is 2.29. The Morgan fingerprint density at radius 1 is 1.17 bits per heavy atom. The molecule has 0 unspecified atom stereocenters. The third-order valence-corrected chi connectivity index (χ3v) is 6.24. The molecule has 10 heteroatoms. The predicted molar refractivity (Wildman–Crippen MR) is 137 cm³/mol. The molecule has 0 radical (unpaired) electrons. The molecule has 182 valence electrons. The molecule has 0 saturated carbocycles. The highest BCUT2D eigenvalue weighted by atomic mass is 32.1. The van der Waals surface area contributed by atoms with Gasteiger partial charge in [0.1, 0.15) is 18.1 Å². The fourth-order valence-electron chi connectivity index (χ4n) is 4.01. The highest BCUT2D eigenvalue weighted by Gasteiger charge is 2.24. The summed E-state index contributed by atoms with van der Waals surface area (Å²) in [5.41, 5.74) is 2.19. The van der Waals surface area contributed by atoms with E-state index in [9.17, 15) is 14.9 Å². The number of benzene rings is 2. The molecule has 9 nitrogen and oxygen atoms in total. The van der Waals surface area contributed by atoms with Crippen molar-refractivity contribution < 1.29 is 19.2 Å². The molecule has 3 aromatic rings. The van der Waals surface area contributed by atoms with Crippen LogP contribution in [0.4, 0.5) is 17.1 Å². The van der Waals surface area contributed by atoms with Crippen LogP contribution in [0.1, 0.15) is 35.9 Å². The van der Waals surface area contributed by atoms with Gasteiger partial charge in [-0.25, -0.2) is 0 Å². The minimum atomic E-state index is -0.514. The maximum absolute atomic E-state index is 13.1. The van der Waals surface area contributed by atoms with E-state index in [0.29, 0.717) is 28.8 Å². The minimum absolute atomic E-state index is 0.0769. The van der Waals surface area contributed by atoms with Crippen LogP contribution in [0.3, 0.4) is 0 Å². The number of rotatable bonds is 6. The maximum Gasteiger partial charge on any atom is 0.270 e. The number of nitrogens with zero attached hydrogens (tertiary/aromatic N) is 2. The van der Waals surface area contributed by atoms with Crippen LogP contribution in [0.2, 0.25) is 0 Å². The molecule has 1 saturated heterocycles. The number of anilines is 2. The van der Waals surface area contributed by atoms with E-state index in [2.05, 4.69) is 22.5 Å².